The number of anilines is 1. The summed E-state index contributed by atoms with van der Waals surface area (Å²) in [5, 5.41) is 3.89. The van der Waals surface area contributed by atoms with Crippen LogP contribution in [0.2, 0.25) is 0 Å². The summed E-state index contributed by atoms with van der Waals surface area (Å²) in [5.41, 5.74) is 5.91. The molecule has 0 aliphatic heterocycles. The summed E-state index contributed by atoms with van der Waals surface area (Å²) in [6.07, 6.45) is 1.41. The Kier molecular flexibility index (Phi) is 2.32. The summed E-state index contributed by atoms with van der Waals surface area (Å²) < 4.78 is 6.04. The molecular formula is C7H11N3O2. The van der Waals surface area contributed by atoms with Crippen LogP contribution < -0.4 is 5.73 Å². The standard InChI is InChI=1S/C7H11N3O2/c1-3-10-6(8)5(4-9-10)7(11)12-2/h4H,3,8H2,1-2H3. The molecule has 0 atom stereocenters. The highest BCUT2D eigenvalue weighted by Crippen LogP contribution is 2.11. The molecule has 66 valence electrons. The zero-order valence-electron chi connectivity index (χ0n) is 7.07. The van der Waals surface area contributed by atoms with Gasteiger partial charge >= 0.3 is 5.97 Å². The number of aryl methyl sites for hydroxylation is 1. The van der Waals surface area contributed by atoms with Gasteiger partial charge in [-0.05, 0) is 6.92 Å². The van der Waals surface area contributed by atoms with Gasteiger partial charge in [0.25, 0.3) is 0 Å². The van der Waals surface area contributed by atoms with Crippen LogP contribution in [0.4, 0.5) is 5.82 Å². The first kappa shape index (κ1) is 8.58. The van der Waals surface area contributed by atoms with Crippen LogP contribution in [0, 0.1) is 0 Å². The van der Waals surface area contributed by atoms with Crippen molar-refractivity contribution in [1.29, 1.82) is 0 Å². The van der Waals surface area contributed by atoms with Crippen molar-refractivity contribution in [3.8, 4) is 0 Å². The zero-order chi connectivity index (χ0) is 9.14. The predicted molar refractivity (Wildman–Crippen MR) is 43.7 cm³/mol. The van der Waals surface area contributed by atoms with E-state index in [1.807, 2.05) is 6.92 Å². The molecule has 1 aromatic rings. The molecule has 0 fully saturated rings. The molecule has 0 aliphatic carbocycles. The SMILES string of the molecule is CCn1ncc(C(=O)OC)c1N. The van der Waals surface area contributed by atoms with Gasteiger partial charge in [-0.25, -0.2) is 9.48 Å². The third-order valence-corrected chi connectivity index (χ3v) is 1.59. The molecule has 1 aromatic heterocycles. The highest BCUT2D eigenvalue weighted by Gasteiger charge is 2.13. The first-order valence-electron chi connectivity index (χ1n) is 3.60. The fraction of sp³-hybridized carbons (Fsp3) is 0.429. The number of hydrogen-bond acceptors (Lipinski definition) is 4. The Labute approximate surface area is 70.1 Å². The fourth-order valence-corrected chi connectivity index (χ4v) is 0.914. The number of rotatable bonds is 2. The van der Waals surface area contributed by atoms with Gasteiger partial charge in [-0.2, -0.15) is 5.10 Å². The number of nitrogen functional groups attached to an aromatic ring is 1. The third-order valence-electron chi connectivity index (χ3n) is 1.59. The lowest BCUT2D eigenvalue weighted by atomic mass is 10.3. The predicted octanol–water partition coefficient (Wildman–Crippen LogP) is 0.272. The molecule has 0 aromatic carbocycles. The average Bonchev–Trinajstić information content (AvgIpc) is 2.45. The van der Waals surface area contributed by atoms with Crippen molar-refractivity contribution in [2.45, 2.75) is 13.5 Å². The first-order chi connectivity index (χ1) is 5.70. The van der Waals surface area contributed by atoms with Crippen LogP contribution in [-0.2, 0) is 11.3 Å². The minimum absolute atomic E-state index is 0.319. The summed E-state index contributed by atoms with van der Waals surface area (Å²) in [7, 11) is 1.31. The van der Waals surface area contributed by atoms with Gasteiger partial charge < -0.3 is 10.5 Å². The lowest BCUT2D eigenvalue weighted by Gasteiger charge is -1.99. The maximum atomic E-state index is 11.0. The molecule has 0 unspecified atom stereocenters. The van der Waals surface area contributed by atoms with Crippen molar-refractivity contribution < 1.29 is 9.53 Å². The number of esters is 1. The molecule has 0 saturated heterocycles. The Morgan fingerprint density at radius 1 is 1.83 bits per heavy atom. The highest BCUT2D eigenvalue weighted by molar-refractivity contribution is 5.93. The van der Waals surface area contributed by atoms with E-state index in [9.17, 15) is 4.79 Å². The number of ether oxygens (including phenoxy) is 1. The zero-order valence-corrected chi connectivity index (χ0v) is 7.07. The second-order valence-electron chi connectivity index (χ2n) is 2.25. The molecule has 0 radical (unpaired) electrons. The quantitative estimate of drug-likeness (QED) is 0.645. The number of carbonyl (C=O) groups is 1. The van der Waals surface area contributed by atoms with E-state index in [0.29, 0.717) is 17.9 Å². The van der Waals surface area contributed by atoms with E-state index >= 15 is 0 Å². The van der Waals surface area contributed by atoms with E-state index in [4.69, 9.17) is 5.73 Å². The Morgan fingerprint density at radius 3 is 2.92 bits per heavy atom. The molecule has 5 nitrogen and oxygen atoms in total. The van der Waals surface area contributed by atoms with Gasteiger partial charge in [-0.3, -0.25) is 0 Å². The summed E-state index contributed by atoms with van der Waals surface area (Å²) in [5.74, 6) is -0.100. The Bertz CT molecular complexity index is 293. The molecule has 12 heavy (non-hydrogen) atoms. The van der Waals surface area contributed by atoms with E-state index < -0.39 is 5.97 Å². The molecule has 0 amide bonds. The van der Waals surface area contributed by atoms with E-state index in [-0.39, 0.29) is 0 Å². The van der Waals surface area contributed by atoms with Gasteiger partial charge in [0.05, 0.1) is 13.3 Å². The molecule has 5 heteroatoms. The summed E-state index contributed by atoms with van der Waals surface area (Å²) >= 11 is 0. The first-order valence-corrected chi connectivity index (χ1v) is 3.60. The number of aromatic nitrogens is 2. The van der Waals surface area contributed by atoms with Crippen LogP contribution in [-0.4, -0.2) is 22.9 Å². The third kappa shape index (κ3) is 1.25. The molecule has 0 saturated carbocycles. The van der Waals surface area contributed by atoms with Gasteiger partial charge in [-0.1, -0.05) is 0 Å². The maximum absolute atomic E-state index is 11.0. The molecule has 0 spiro atoms. The topological polar surface area (TPSA) is 70.1 Å². The molecule has 2 N–H and O–H groups in total. The van der Waals surface area contributed by atoms with Crippen LogP contribution in [0.1, 0.15) is 17.3 Å². The van der Waals surface area contributed by atoms with Gasteiger partial charge in [-0.15, -0.1) is 0 Å². The van der Waals surface area contributed by atoms with Crippen LogP contribution in [0.25, 0.3) is 0 Å². The lowest BCUT2D eigenvalue weighted by Crippen LogP contribution is -2.07. The second-order valence-corrected chi connectivity index (χ2v) is 2.25. The second kappa shape index (κ2) is 3.25. The van der Waals surface area contributed by atoms with Gasteiger partial charge in [0, 0.05) is 6.54 Å². The Balaban J connectivity index is 3.02. The average molecular weight is 169 g/mol. The van der Waals surface area contributed by atoms with Crippen molar-refractivity contribution in [2.75, 3.05) is 12.8 Å². The fourth-order valence-electron chi connectivity index (χ4n) is 0.914. The van der Waals surface area contributed by atoms with E-state index in [0.717, 1.165) is 0 Å². The number of hydrogen-bond donors (Lipinski definition) is 1. The van der Waals surface area contributed by atoms with Gasteiger partial charge in [0.15, 0.2) is 0 Å². The monoisotopic (exact) mass is 169 g/mol. The molecule has 0 bridgehead atoms. The number of carbonyl (C=O) groups excluding carboxylic acids is 1. The normalized spacial score (nSPS) is 9.83. The number of methoxy groups -OCH3 is 1. The van der Waals surface area contributed by atoms with Crippen LogP contribution in [0.15, 0.2) is 6.20 Å². The minimum Gasteiger partial charge on any atom is -0.465 e. The van der Waals surface area contributed by atoms with Crippen molar-refractivity contribution in [2.24, 2.45) is 0 Å². The minimum atomic E-state index is -0.452. The number of nitrogens with zero attached hydrogens (tertiary/aromatic N) is 2. The van der Waals surface area contributed by atoms with E-state index in [1.54, 1.807) is 0 Å². The maximum Gasteiger partial charge on any atom is 0.343 e. The summed E-state index contributed by atoms with van der Waals surface area (Å²) in [4.78, 5) is 11.0. The van der Waals surface area contributed by atoms with Crippen molar-refractivity contribution in [3.63, 3.8) is 0 Å². The van der Waals surface area contributed by atoms with E-state index in [2.05, 4.69) is 9.84 Å². The van der Waals surface area contributed by atoms with Crippen molar-refractivity contribution in [3.05, 3.63) is 11.8 Å². The van der Waals surface area contributed by atoms with Crippen molar-refractivity contribution in [1.82, 2.24) is 9.78 Å². The Hall–Kier alpha value is -1.52. The molecule has 1 rings (SSSR count). The number of nitrogens with two attached hydrogens (primary N) is 1. The van der Waals surface area contributed by atoms with Crippen LogP contribution in [0.5, 0.6) is 0 Å². The van der Waals surface area contributed by atoms with Gasteiger partial charge in [0.2, 0.25) is 0 Å². The van der Waals surface area contributed by atoms with Crippen LogP contribution >= 0.6 is 0 Å². The smallest absolute Gasteiger partial charge is 0.343 e. The van der Waals surface area contributed by atoms with Gasteiger partial charge in [0.1, 0.15) is 11.4 Å². The Morgan fingerprint density at radius 2 is 2.50 bits per heavy atom. The summed E-state index contributed by atoms with van der Waals surface area (Å²) in [6.45, 7) is 2.53. The highest BCUT2D eigenvalue weighted by atomic mass is 16.5. The largest absolute Gasteiger partial charge is 0.465 e. The van der Waals surface area contributed by atoms with E-state index in [1.165, 1.54) is 18.0 Å². The van der Waals surface area contributed by atoms with Crippen LogP contribution in [0.3, 0.4) is 0 Å². The molecule has 0 aliphatic rings. The molecular weight excluding hydrogens is 158 g/mol. The molecule has 1 heterocycles. The van der Waals surface area contributed by atoms with Crippen molar-refractivity contribution >= 4 is 11.8 Å². The lowest BCUT2D eigenvalue weighted by molar-refractivity contribution is 0.0602. The summed E-state index contributed by atoms with van der Waals surface area (Å²) in [6, 6.07) is 0.